The summed E-state index contributed by atoms with van der Waals surface area (Å²) in [7, 11) is 1.09. The molecule has 1 aromatic rings. The summed E-state index contributed by atoms with van der Waals surface area (Å²) in [5.74, 6) is -3.12. The molecule has 0 radical (unpaired) electrons. The fourth-order valence-electron chi connectivity index (χ4n) is 3.31. The first kappa shape index (κ1) is 26.0. The van der Waals surface area contributed by atoms with Gasteiger partial charge < -0.3 is 39.3 Å². The molecule has 182 valence electrons. The van der Waals surface area contributed by atoms with Gasteiger partial charge in [-0.05, 0) is 17.7 Å². The molecule has 1 aliphatic heterocycles. The Morgan fingerprint density at radius 1 is 0.970 bits per heavy atom. The maximum absolute atomic E-state index is 12.4. The van der Waals surface area contributed by atoms with Crippen LogP contribution in [0.3, 0.4) is 0 Å². The smallest absolute Gasteiger partial charge is 0.339 e. The molecule has 0 spiro atoms. The Morgan fingerprint density at radius 3 is 2.06 bits per heavy atom. The lowest BCUT2D eigenvalue weighted by Crippen LogP contribution is -2.64. The van der Waals surface area contributed by atoms with E-state index in [0.717, 1.165) is 27.9 Å². The first-order chi connectivity index (χ1) is 15.6. The van der Waals surface area contributed by atoms with Gasteiger partial charge >= 0.3 is 23.9 Å². The lowest BCUT2D eigenvalue weighted by molar-refractivity contribution is -0.282. The summed E-state index contributed by atoms with van der Waals surface area (Å²) in [5.41, 5.74) is 6.83. The average molecular weight is 469 g/mol. The van der Waals surface area contributed by atoms with Gasteiger partial charge in [0.1, 0.15) is 5.75 Å². The molecule has 12 heteroatoms. The molecule has 12 nitrogen and oxygen atoms in total. The van der Waals surface area contributed by atoms with Gasteiger partial charge in [0.25, 0.3) is 0 Å². The van der Waals surface area contributed by atoms with Crippen LogP contribution < -0.4 is 10.5 Å². The quantitative estimate of drug-likeness (QED) is 0.377. The highest BCUT2D eigenvalue weighted by molar-refractivity contribution is 5.77. The molecule has 2 rings (SSSR count). The summed E-state index contributed by atoms with van der Waals surface area (Å²) in [6.07, 6.45) is -7.44. The van der Waals surface area contributed by atoms with Crippen molar-refractivity contribution >= 4 is 23.9 Å². The van der Waals surface area contributed by atoms with Gasteiger partial charge in [0.2, 0.25) is 12.4 Å². The van der Waals surface area contributed by atoms with Crippen LogP contribution in [0.15, 0.2) is 18.2 Å². The SMILES string of the molecule is COC(=O)[C@H]1O[C@@H](Oc2ccc(CO)cc2CN)[C@H](OC(C)=O)[C@@H](OC(C)=O)[C@@H]1OC(C)=O. The molecule has 1 aliphatic rings. The summed E-state index contributed by atoms with van der Waals surface area (Å²) in [5, 5.41) is 9.35. The number of esters is 4. The van der Waals surface area contributed by atoms with Gasteiger partial charge in [-0.25, -0.2) is 4.79 Å². The van der Waals surface area contributed by atoms with Gasteiger partial charge in [-0.2, -0.15) is 0 Å². The Hall–Kier alpha value is -3.22. The molecule has 0 amide bonds. The fraction of sp³-hybridized carbons (Fsp3) is 0.524. The molecular formula is C21H27NO11. The lowest BCUT2D eigenvalue weighted by Gasteiger charge is -2.43. The molecule has 5 atom stereocenters. The highest BCUT2D eigenvalue weighted by Gasteiger charge is 2.55. The predicted molar refractivity (Wildman–Crippen MR) is 108 cm³/mol. The second kappa shape index (κ2) is 11.6. The molecule has 1 aromatic carbocycles. The van der Waals surface area contributed by atoms with Crippen LogP contribution in [0.5, 0.6) is 5.75 Å². The van der Waals surface area contributed by atoms with E-state index < -0.39 is 54.6 Å². The minimum Gasteiger partial charge on any atom is -0.467 e. The number of hydrogen-bond acceptors (Lipinski definition) is 12. The molecule has 0 aromatic heterocycles. The third-order valence-electron chi connectivity index (χ3n) is 4.61. The van der Waals surface area contributed by atoms with E-state index in [4.69, 9.17) is 34.2 Å². The molecule has 0 bridgehead atoms. The largest absolute Gasteiger partial charge is 0.467 e. The number of benzene rings is 1. The Bertz CT molecular complexity index is 887. The molecule has 33 heavy (non-hydrogen) atoms. The minimum absolute atomic E-state index is 0.0258. The van der Waals surface area contributed by atoms with Crippen LogP contribution in [0, 0.1) is 0 Å². The third kappa shape index (κ3) is 6.63. The van der Waals surface area contributed by atoms with E-state index in [0.29, 0.717) is 11.1 Å². The van der Waals surface area contributed by atoms with Gasteiger partial charge in [-0.3, -0.25) is 14.4 Å². The Kier molecular flexibility index (Phi) is 9.14. The van der Waals surface area contributed by atoms with Gasteiger partial charge in [0, 0.05) is 32.9 Å². The number of nitrogens with two attached hydrogens (primary N) is 1. The fourth-order valence-corrected chi connectivity index (χ4v) is 3.31. The first-order valence-electron chi connectivity index (χ1n) is 9.95. The molecule has 3 N–H and O–H groups in total. The van der Waals surface area contributed by atoms with Crippen molar-refractivity contribution in [3.63, 3.8) is 0 Å². The molecule has 0 unspecified atom stereocenters. The normalized spacial score (nSPS) is 24.4. The molecular weight excluding hydrogens is 442 g/mol. The van der Waals surface area contributed by atoms with E-state index in [2.05, 4.69) is 0 Å². The number of ether oxygens (including phenoxy) is 6. The third-order valence-corrected chi connectivity index (χ3v) is 4.61. The monoisotopic (exact) mass is 469 g/mol. The second-order valence-electron chi connectivity index (χ2n) is 7.09. The van der Waals surface area contributed by atoms with E-state index in [9.17, 15) is 24.3 Å². The maximum Gasteiger partial charge on any atom is 0.339 e. The number of aliphatic hydroxyl groups is 1. The summed E-state index contributed by atoms with van der Waals surface area (Å²) >= 11 is 0. The predicted octanol–water partition coefficient (Wildman–Crippen LogP) is -0.291. The van der Waals surface area contributed by atoms with Crippen LogP contribution in [0.4, 0.5) is 0 Å². The van der Waals surface area contributed by atoms with Crippen molar-refractivity contribution in [1.29, 1.82) is 0 Å². The number of carbonyl (C=O) groups is 4. The summed E-state index contributed by atoms with van der Waals surface area (Å²) in [4.78, 5) is 47.8. The van der Waals surface area contributed by atoms with Crippen molar-refractivity contribution in [2.45, 2.75) is 64.6 Å². The summed E-state index contributed by atoms with van der Waals surface area (Å²) in [6, 6.07) is 4.68. The summed E-state index contributed by atoms with van der Waals surface area (Å²) in [6.45, 7) is 3.08. The summed E-state index contributed by atoms with van der Waals surface area (Å²) < 4.78 is 32.1. The van der Waals surface area contributed by atoms with Crippen molar-refractivity contribution in [3.05, 3.63) is 29.3 Å². The number of hydrogen-bond donors (Lipinski definition) is 2. The van der Waals surface area contributed by atoms with Gasteiger partial charge in [0.15, 0.2) is 18.3 Å². The van der Waals surface area contributed by atoms with E-state index in [1.54, 1.807) is 12.1 Å². The Morgan fingerprint density at radius 2 is 1.55 bits per heavy atom. The number of aliphatic hydroxyl groups excluding tert-OH is 1. The standard InChI is InChI=1S/C21H27NO11/c1-10(24)29-16-17(30-11(2)25)19(31-12(3)26)21(33-18(16)20(27)28-4)32-15-6-5-13(9-23)7-14(15)8-22/h5-7,16-19,21,23H,8-9,22H2,1-4H3/t16-,17-,18-,19+,21+/m0/s1. The average Bonchev–Trinajstić information content (AvgIpc) is 2.76. The highest BCUT2D eigenvalue weighted by Crippen LogP contribution is 2.32. The van der Waals surface area contributed by atoms with E-state index >= 15 is 0 Å². The van der Waals surface area contributed by atoms with Crippen LogP contribution in [0.2, 0.25) is 0 Å². The topological polar surface area (TPSA) is 170 Å². The number of carbonyl (C=O) groups excluding carboxylic acids is 4. The van der Waals surface area contributed by atoms with Gasteiger partial charge in [-0.1, -0.05) is 6.07 Å². The van der Waals surface area contributed by atoms with E-state index in [1.807, 2.05) is 0 Å². The van der Waals surface area contributed by atoms with Crippen molar-refractivity contribution in [2.24, 2.45) is 5.73 Å². The van der Waals surface area contributed by atoms with Crippen molar-refractivity contribution < 1.29 is 52.7 Å². The van der Waals surface area contributed by atoms with Crippen molar-refractivity contribution in [1.82, 2.24) is 0 Å². The van der Waals surface area contributed by atoms with Crippen molar-refractivity contribution in [2.75, 3.05) is 7.11 Å². The molecule has 1 fully saturated rings. The van der Waals surface area contributed by atoms with Crippen molar-refractivity contribution in [3.8, 4) is 5.75 Å². The van der Waals surface area contributed by atoms with Crippen LogP contribution in [0.1, 0.15) is 31.9 Å². The zero-order chi connectivity index (χ0) is 24.7. The van der Waals surface area contributed by atoms with Gasteiger partial charge in [-0.15, -0.1) is 0 Å². The van der Waals surface area contributed by atoms with E-state index in [1.165, 1.54) is 6.07 Å². The highest BCUT2D eigenvalue weighted by atomic mass is 16.7. The molecule has 0 saturated carbocycles. The minimum atomic E-state index is -1.57. The lowest BCUT2D eigenvalue weighted by atomic mass is 9.97. The Balaban J connectivity index is 2.54. The zero-order valence-corrected chi connectivity index (χ0v) is 18.6. The maximum atomic E-state index is 12.4. The van der Waals surface area contributed by atoms with Crippen LogP contribution in [-0.4, -0.2) is 66.8 Å². The van der Waals surface area contributed by atoms with Crippen LogP contribution >= 0.6 is 0 Å². The van der Waals surface area contributed by atoms with Crippen LogP contribution in [0.25, 0.3) is 0 Å². The second-order valence-corrected chi connectivity index (χ2v) is 7.09. The molecule has 1 saturated heterocycles. The number of rotatable bonds is 8. The van der Waals surface area contributed by atoms with Gasteiger partial charge in [0.05, 0.1) is 13.7 Å². The Labute approximate surface area is 189 Å². The number of methoxy groups -OCH3 is 1. The first-order valence-corrected chi connectivity index (χ1v) is 9.95. The van der Waals surface area contributed by atoms with E-state index in [-0.39, 0.29) is 18.9 Å². The zero-order valence-electron chi connectivity index (χ0n) is 18.6. The van der Waals surface area contributed by atoms with Crippen LogP contribution in [-0.2, 0) is 56.0 Å². The molecule has 0 aliphatic carbocycles. The molecule has 1 heterocycles.